The molecule has 0 fully saturated rings. The summed E-state index contributed by atoms with van der Waals surface area (Å²) < 4.78 is 5.37. The van der Waals surface area contributed by atoms with Crippen LogP contribution in [0.15, 0.2) is 48.5 Å². The van der Waals surface area contributed by atoms with Gasteiger partial charge < -0.3 is 15.8 Å². The van der Waals surface area contributed by atoms with Crippen LogP contribution in [0.2, 0.25) is 0 Å². The molecule has 1 atom stereocenters. The molecule has 2 rings (SSSR count). The Labute approximate surface area is 162 Å². The Kier molecular flexibility index (Phi) is 7.71. The number of hydrogen-bond acceptors (Lipinski definition) is 5. The maximum Gasteiger partial charge on any atom is 0.249 e. The zero-order valence-electron chi connectivity index (χ0n) is 15.0. The molecular weight excluding hydrogens is 362 g/mol. The highest BCUT2D eigenvalue weighted by atomic mass is 32.2. The van der Waals surface area contributed by atoms with E-state index >= 15 is 0 Å². The molecule has 27 heavy (non-hydrogen) atoms. The molecule has 0 radical (unpaired) electrons. The second-order valence-electron chi connectivity index (χ2n) is 5.71. The summed E-state index contributed by atoms with van der Waals surface area (Å²) in [5, 5.41) is 11.3. The topological polar surface area (TPSA) is 105 Å². The number of hydrogen-bond donors (Lipinski definition) is 2. The molecule has 0 saturated carbocycles. The summed E-state index contributed by atoms with van der Waals surface area (Å²) in [6.45, 7) is -0.111. The maximum atomic E-state index is 12.7. The highest BCUT2D eigenvalue weighted by Crippen LogP contribution is 2.33. The number of carbonyl (C=O) groups excluding carboxylic acids is 2. The molecule has 140 valence electrons. The summed E-state index contributed by atoms with van der Waals surface area (Å²) in [7, 11) is 1.48. The van der Waals surface area contributed by atoms with Crippen molar-refractivity contribution >= 4 is 23.6 Å². The maximum absolute atomic E-state index is 12.7. The van der Waals surface area contributed by atoms with E-state index in [1.807, 2.05) is 36.4 Å². The van der Waals surface area contributed by atoms with Crippen LogP contribution < -0.4 is 15.8 Å². The predicted molar refractivity (Wildman–Crippen MR) is 105 cm³/mol. The number of nitrogens with zero attached hydrogens (tertiary/aromatic N) is 1. The van der Waals surface area contributed by atoms with Gasteiger partial charge >= 0.3 is 0 Å². The van der Waals surface area contributed by atoms with E-state index in [2.05, 4.69) is 5.32 Å². The van der Waals surface area contributed by atoms with E-state index in [1.54, 1.807) is 30.0 Å². The Bertz CT molecular complexity index is 834. The fourth-order valence-electron chi connectivity index (χ4n) is 2.71. The van der Waals surface area contributed by atoms with E-state index in [-0.39, 0.29) is 18.0 Å². The Hall–Kier alpha value is -2.98. The molecule has 2 aromatic rings. The first-order valence-corrected chi connectivity index (χ1v) is 9.47. The summed E-state index contributed by atoms with van der Waals surface area (Å²) >= 11 is 1.56. The van der Waals surface area contributed by atoms with Crippen molar-refractivity contribution in [1.82, 2.24) is 5.32 Å². The van der Waals surface area contributed by atoms with Crippen molar-refractivity contribution in [3.63, 3.8) is 0 Å². The zero-order valence-corrected chi connectivity index (χ0v) is 15.8. The second-order valence-corrected chi connectivity index (χ2v) is 6.75. The average molecular weight is 383 g/mol. The van der Waals surface area contributed by atoms with Gasteiger partial charge in [-0.25, -0.2) is 0 Å². The van der Waals surface area contributed by atoms with Gasteiger partial charge in [-0.3, -0.25) is 9.59 Å². The lowest BCUT2D eigenvalue weighted by Gasteiger charge is -2.21. The molecule has 0 bridgehead atoms. The molecule has 0 heterocycles. The third-order valence-electron chi connectivity index (χ3n) is 3.95. The standard InChI is InChI=1S/C20H21N3O3S/c1-26-17-9-5-8-15(19(22)24)18(17)16(20(25)23-11-10-21)13-27-12-14-6-3-2-4-7-14/h2-9,16H,11-13H2,1H3,(H2,22,24)(H,23,25). The van der Waals surface area contributed by atoms with Gasteiger partial charge in [0.2, 0.25) is 11.8 Å². The summed E-state index contributed by atoms with van der Waals surface area (Å²) in [6, 6.07) is 16.7. The van der Waals surface area contributed by atoms with Crippen LogP contribution in [0.1, 0.15) is 27.4 Å². The quantitative estimate of drug-likeness (QED) is 0.647. The number of ether oxygens (including phenoxy) is 1. The lowest BCUT2D eigenvalue weighted by molar-refractivity contribution is -0.121. The van der Waals surface area contributed by atoms with E-state index in [4.69, 9.17) is 15.7 Å². The third-order valence-corrected chi connectivity index (χ3v) is 5.06. The SMILES string of the molecule is COc1cccc(C(N)=O)c1C(CSCc1ccccc1)C(=O)NCC#N. The van der Waals surface area contributed by atoms with Crippen molar-refractivity contribution < 1.29 is 14.3 Å². The summed E-state index contributed by atoms with van der Waals surface area (Å²) in [6.07, 6.45) is 0. The second kappa shape index (κ2) is 10.2. The Morgan fingerprint density at radius 3 is 2.59 bits per heavy atom. The van der Waals surface area contributed by atoms with Gasteiger partial charge in [-0.1, -0.05) is 36.4 Å². The summed E-state index contributed by atoms with van der Waals surface area (Å²) in [5.74, 6) is -0.106. The van der Waals surface area contributed by atoms with E-state index in [9.17, 15) is 9.59 Å². The Morgan fingerprint density at radius 2 is 1.96 bits per heavy atom. The first-order valence-electron chi connectivity index (χ1n) is 8.31. The lowest BCUT2D eigenvalue weighted by Crippen LogP contribution is -2.32. The van der Waals surface area contributed by atoms with E-state index < -0.39 is 11.8 Å². The first kappa shape index (κ1) is 20.3. The molecule has 0 aliphatic rings. The first-order chi connectivity index (χ1) is 13.1. The van der Waals surface area contributed by atoms with Crippen LogP contribution in [0.4, 0.5) is 0 Å². The lowest BCUT2D eigenvalue weighted by atomic mass is 9.93. The largest absolute Gasteiger partial charge is 0.496 e. The van der Waals surface area contributed by atoms with E-state index in [0.717, 1.165) is 5.56 Å². The van der Waals surface area contributed by atoms with Crippen LogP contribution in [0.25, 0.3) is 0 Å². The number of amides is 2. The summed E-state index contributed by atoms with van der Waals surface area (Å²) in [4.78, 5) is 24.6. The van der Waals surface area contributed by atoms with Gasteiger partial charge in [-0.2, -0.15) is 17.0 Å². The number of thioether (sulfide) groups is 1. The molecule has 0 spiro atoms. The van der Waals surface area contributed by atoms with Crippen molar-refractivity contribution in [2.75, 3.05) is 19.4 Å². The van der Waals surface area contributed by atoms with Crippen LogP contribution in [-0.2, 0) is 10.5 Å². The zero-order chi connectivity index (χ0) is 19.6. The molecule has 7 heteroatoms. The molecule has 0 aromatic heterocycles. The smallest absolute Gasteiger partial charge is 0.249 e. The predicted octanol–water partition coefficient (Wildman–Crippen LogP) is 2.45. The molecule has 6 nitrogen and oxygen atoms in total. The van der Waals surface area contributed by atoms with Gasteiger partial charge in [0.1, 0.15) is 12.3 Å². The number of rotatable bonds is 9. The molecule has 2 aromatic carbocycles. The van der Waals surface area contributed by atoms with Gasteiger partial charge in [0.25, 0.3) is 0 Å². The fraction of sp³-hybridized carbons (Fsp3) is 0.250. The molecule has 0 aliphatic carbocycles. The molecule has 1 unspecified atom stereocenters. The third kappa shape index (κ3) is 5.50. The minimum absolute atomic E-state index is 0.111. The Balaban J connectivity index is 2.31. The fourth-order valence-corrected chi connectivity index (χ4v) is 3.80. The number of nitrogens with one attached hydrogen (secondary N) is 1. The molecule has 3 N–H and O–H groups in total. The molecule has 2 amide bonds. The van der Waals surface area contributed by atoms with Crippen molar-refractivity contribution in [2.45, 2.75) is 11.7 Å². The van der Waals surface area contributed by atoms with Crippen LogP contribution in [0.5, 0.6) is 5.75 Å². The molecule has 0 saturated heterocycles. The minimum atomic E-state index is -0.675. The number of primary amides is 1. The van der Waals surface area contributed by atoms with Gasteiger partial charge in [0.15, 0.2) is 0 Å². The van der Waals surface area contributed by atoms with E-state index in [0.29, 0.717) is 22.8 Å². The number of nitriles is 1. The van der Waals surface area contributed by atoms with Crippen LogP contribution in [-0.4, -0.2) is 31.2 Å². The monoisotopic (exact) mass is 383 g/mol. The van der Waals surface area contributed by atoms with Crippen molar-refractivity contribution in [3.05, 3.63) is 65.2 Å². The van der Waals surface area contributed by atoms with Crippen molar-refractivity contribution in [2.24, 2.45) is 5.73 Å². The highest BCUT2D eigenvalue weighted by molar-refractivity contribution is 7.98. The van der Waals surface area contributed by atoms with Crippen molar-refractivity contribution in [3.8, 4) is 11.8 Å². The van der Waals surface area contributed by atoms with Gasteiger partial charge in [0, 0.05) is 22.6 Å². The highest BCUT2D eigenvalue weighted by Gasteiger charge is 2.28. The van der Waals surface area contributed by atoms with Gasteiger partial charge in [-0.05, 0) is 17.7 Å². The van der Waals surface area contributed by atoms with E-state index in [1.165, 1.54) is 7.11 Å². The van der Waals surface area contributed by atoms with Gasteiger partial charge in [0.05, 0.1) is 19.1 Å². The average Bonchev–Trinajstić information content (AvgIpc) is 2.69. The number of carbonyl (C=O) groups is 2. The molecule has 0 aliphatic heterocycles. The molecular formula is C20H21N3O3S. The number of nitrogens with two attached hydrogens (primary N) is 1. The van der Waals surface area contributed by atoms with Crippen LogP contribution in [0, 0.1) is 11.3 Å². The normalized spacial score (nSPS) is 11.3. The Morgan fingerprint density at radius 1 is 1.22 bits per heavy atom. The number of benzene rings is 2. The minimum Gasteiger partial charge on any atom is -0.496 e. The number of methoxy groups -OCH3 is 1. The van der Waals surface area contributed by atoms with Gasteiger partial charge in [-0.15, -0.1) is 0 Å². The van der Waals surface area contributed by atoms with Crippen molar-refractivity contribution in [1.29, 1.82) is 5.26 Å². The summed E-state index contributed by atoms with van der Waals surface area (Å²) in [5.41, 5.74) is 7.33. The van der Waals surface area contributed by atoms with Crippen LogP contribution in [0.3, 0.4) is 0 Å². The van der Waals surface area contributed by atoms with Crippen LogP contribution >= 0.6 is 11.8 Å².